The molecule has 1 rings (SSSR count). The third-order valence-corrected chi connectivity index (χ3v) is 1.49. The van der Waals surface area contributed by atoms with E-state index in [0.717, 1.165) is 5.56 Å². The Morgan fingerprint density at radius 2 is 1.33 bits per heavy atom. The summed E-state index contributed by atoms with van der Waals surface area (Å²) in [5.41, 5.74) is 2.40. The highest BCUT2D eigenvalue weighted by molar-refractivity contribution is 5.13. The maximum Gasteiger partial charge on any atom is 0.227 e. The van der Waals surface area contributed by atoms with Gasteiger partial charge in [0.25, 0.3) is 0 Å². The van der Waals surface area contributed by atoms with Gasteiger partial charge >= 0.3 is 0 Å². The molecule has 0 aliphatic heterocycles. The van der Waals surface area contributed by atoms with Gasteiger partial charge in [0.05, 0.1) is 4.48 Å². The molecule has 1 heterocycles. The molecule has 0 spiro atoms. The predicted molar refractivity (Wildman–Crippen MR) is 48.7 cm³/mol. The molecule has 0 radical (unpaired) electrons. The van der Waals surface area contributed by atoms with Crippen LogP contribution in [0, 0.1) is 20.8 Å². The van der Waals surface area contributed by atoms with Crippen LogP contribution in [0.15, 0.2) is 12.1 Å². The van der Waals surface area contributed by atoms with Crippen LogP contribution >= 0.6 is 0 Å². The molecular weight excluding hydrogens is 153 g/mol. The fraction of sp³-hybridized carbons (Fsp3) is 0.500. The Morgan fingerprint density at radius 3 is 1.67 bits per heavy atom. The number of pyridine rings is 1. The van der Waals surface area contributed by atoms with Crippen molar-refractivity contribution in [2.75, 3.05) is 0 Å². The number of halogens is 1. The minimum Gasteiger partial charge on any atom is -0.0683 e. The molecule has 1 aromatic heterocycles. The van der Waals surface area contributed by atoms with Crippen molar-refractivity contribution in [3.05, 3.63) is 29.1 Å². The van der Waals surface area contributed by atoms with Gasteiger partial charge in [0, 0.05) is 30.8 Å². The highest BCUT2D eigenvalue weighted by atomic mass is 19.2. The predicted octanol–water partition coefficient (Wildman–Crippen LogP) is 2.66. The van der Waals surface area contributed by atoms with Gasteiger partial charge in [-0.05, 0) is 12.5 Å². The molecule has 1 aromatic rings. The van der Waals surface area contributed by atoms with Crippen molar-refractivity contribution in [1.82, 2.24) is 0 Å². The summed E-state index contributed by atoms with van der Waals surface area (Å²) in [5.74, 6) is 0. The molecule has 0 saturated carbocycles. The van der Waals surface area contributed by atoms with E-state index in [2.05, 4.69) is 0 Å². The summed E-state index contributed by atoms with van der Waals surface area (Å²) >= 11 is 0. The van der Waals surface area contributed by atoms with E-state index >= 15 is 0 Å². The minimum absolute atomic E-state index is 0.650. The molecule has 0 aliphatic carbocycles. The molecule has 1 nitrogen and oxygen atoms in total. The molecule has 0 saturated heterocycles. The van der Waals surface area contributed by atoms with Crippen molar-refractivity contribution in [1.29, 1.82) is 0 Å². The van der Waals surface area contributed by atoms with Crippen molar-refractivity contribution in [3.8, 4) is 0 Å². The number of nitrogens with zero attached hydrogens (tertiary/aromatic N) is 1. The van der Waals surface area contributed by atoms with E-state index in [1.165, 1.54) is 0 Å². The van der Waals surface area contributed by atoms with Gasteiger partial charge in [-0.3, -0.25) is 0 Å². The lowest BCUT2D eigenvalue weighted by molar-refractivity contribution is -0.852. The molecule has 0 fully saturated rings. The average molecular weight is 170 g/mol. The number of hydrogen-bond acceptors (Lipinski definition) is 0. The van der Waals surface area contributed by atoms with Crippen molar-refractivity contribution in [2.24, 2.45) is 0 Å². The molecule has 12 heavy (non-hydrogen) atoms. The molecule has 0 bridgehead atoms. The molecule has 0 aliphatic rings. The van der Waals surface area contributed by atoms with Gasteiger partial charge in [0.1, 0.15) is 0 Å². The fourth-order valence-corrected chi connectivity index (χ4v) is 1.09. The molecule has 0 aromatic carbocycles. The largest absolute Gasteiger partial charge is 0.227 e. The highest BCUT2D eigenvalue weighted by Gasteiger charge is 2.09. The number of rotatable bonds is 0. The van der Waals surface area contributed by atoms with E-state index in [-0.39, 0.29) is 0 Å². The molecule has 0 unspecified atom stereocenters. The maximum absolute atomic E-state index is 12.8. The van der Waals surface area contributed by atoms with Gasteiger partial charge in [-0.2, -0.15) is 0 Å². The zero-order chi connectivity index (χ0) is 9.72. The lowest BCUT2D eigenvalue weighted by Crippen LogP contribution is -2.30. The smallest absolute Gasteiger partial charge is 0.0683 e. The Bertz CT molecular complexity index is 233. The first-order valence-electron chi connectivity index (χ1n) is 4.27. The van der Waals surface area contributed by atoms with Crippen LogP contribution < -0.4 is 4.79 Å². The minimum atomic E-state index is 0.650. The standard InChI is InChI=1S/C8H11FN.C2H6/c1-6-4-7(2)10(9)8(3)5-6;1-2/h4-5H,1-3H3;1-2H3/q+1;. The van der Waals surface area contributed by atoms with E-state index in [0.29, 0.717) is 16.2 Å². The van der Waals surface area contributed by atoms with Gasteiger partial charge in [0.15, 0.2) is 0 Å². The zero-order valence-corrected chi connectivity index (χ0v) is 8.48. The molecular formula is C10H17FN+. The van der Waals surface area contributed by atoms with E-state index in [9.17, 15) is 4.48 Å². The lowest BCUT2D eigenvalue weighted by Gasteiger charge is -1.92. The second-order valence-corrected chi connectivity index (χ2v) is 2.60. The maximum atomic E-state index is 12.8. The first-order valence-corrected chi connectivity index (χ1v) is 4.27. The van der Waals surface area contributed by atoms with Gasteiger partial charge in [-0.15, -0.1) is 0 Å². The van der Waals surface area contributed by atoms with Gasteiger partial charge in [0.2, 0.25) is 11.4 Å². The quantitative estimate of drug-likeness (QED) is 0.563. The van der Waals surface area contributed by atoms with Crippen LogP contribution in [0.4, 0.5) is 4.48 Å². The van der Waals surface area contributed by atoms with Crippen molar-refractivity contribution in [3.63, 3.8) is 0 Å². The third kappa shape index (κ3) is 2.61. The SMILES string of the molecule is CC.Cc1cc(C)[n+](F)c(C)c1. The summed E-state index contributed by atoms with van der Waals surface area (Å²) < 4.78 is 12.8. The normalized spacial score (nSPS) is 8.83. The van der Waals surface area contributed by atoms with Gasteiger partial charge < -0.3 is 0 Å². The second-order valence-electron chi connectivity index (χ2n) is 2.60. The van der Waals surface area contributed by atoms with Crippen molar-refractivity contribution < 1.29 is 9.27 Å². The number of hydrogen-bond donors (Lipinski definition) is 0. The molecule has 2 heteroatoms. The third-order valence-electron chi connectivity index (χ3n) is 1.49. The topological polar surface area (TPSA) is 3.88 Å². The van der Waals surface area contributed by atoms with Crippen LogP contribution in [-0.4, -0.2) is 0 Å². The summed E-state index contributed by atoms with van der Waals surface area (Å²) in [4.78, 5) is 0.688. The van der Waals surface area contributed by atoms with Crippen LogP contribution in [-0.2, 0) is 0 Å². The van der Waals surface area contributed by atoms with Crippen molar-refractivity contribution >= 4 is 0 Å². The summed E-state index contributed by atoms with van der Waals surface area (Å²) in [5, 5.41) is 0. The average Bonchev–Trinajstić information content (AvgIpc) is 2.04. The number of aryl methyl sites for hydroxylation is 3. The highest BCUT2D eigenvalue weighted by Crippen LogP contribution is 2.00. The van der Waals surface area contributed by atoms with E-state index in [1.807, 2.05) is 32.9 Å². The first kappa shape index (κ1) is 11.1. The van der Waals surface area contributed by atoms with Crippen LogP contribution in [0.25, 0.3) is 0 Å². The van der Waals surface area contributed by atoms with Crippen LogP contribution in [0.2, 0.25) is 0 Å². The number of aromatic nitrogens is 1. The Morgan fingerprint density at radius 1 is 1.00 bits per heavy atom. The Balaban J connectivity index is 0.000000561. The molecule has 0 N–H and O–H groups in total. The Kier molecular flexibility index (Phi) is 4.49. The Hall–Kier alpha value is -0.920. The van der Waals surface area contributed by atoms with Crippen LogP contribution in [0.5, 0.6) is 0 Å². The summed E-state index contributed by atoms with van der Waals surface area (Å²) in [6.45, 7) is 9.46. The lowest BCUT2D eigenvalue weighted by atomic mass is 10.2. The fourth-order valence-electron chi connectivity index (χ4n) is 1.09. The van der Waals surface area contributed by atoms with Crippen LogP contribution in [0.3, 0.4) is 0 Å². The van der Waals surface area contributed by atoms with E-state index in [1.54, 1.807) is 13.8 Å². The van der Waals surface area contributed by atoms with Gasteiger partial charge in [-0.25, -0.2) is 0 Å². The van der Waals surface area contributed by atoms with Crippen LogP contribution in [0.1, 0.15) is 30.8 Å². The first-order chi connectivity index (χ1) is 5.61. The molecule has 0 atom stereocenters. The molecule has 68 valence electrons. The van der Waals surface area contributed by atoms with E-state index in [4.69, 9.17) is 0 Å². The monoisotopic (exact) mass is 170 g/mol. The van der Waals surface area contributed by atoms with Gasteiger partial charge in [-0.1, -0.05) is 13.8 Å². The summed E-state index contributed by atoms with van der Waals surface area (Å²) in [6, 6.07) is 3.62. The summed E-state index contributed by atoms with van der Waals surface area (Å²) in [6.07, 6.45) is 0. The van der Waals surface area contributed by atoms with E-state index < -0.39 is 0 Å². The van der Waals surface area contributed by atoms with Crippen molar-refractivity contribution in [2.45, 2.75) is 34.6 Å². The Labute approximate surface area is 73.8 Å². The molecule has 0 amide bonds. The second kappa shape index (κ2) is 4.86. The zero-order valence-electron chi connectivity index (χ0n) is 8.48. The summed E-state index contributed by atoms with van der Waals surface area (Å²) in [7, 11) is 0.